The molecule has 6 heteroatoms. The van der Waals surface area contributed by atoms with Crippen LogP contribution in [0.4, 0.5) is 5.88 Å². The molecular weight excluding hydrogens is 316 g/mol. The van der Waals surface area contributed by atoms with E-state index in [-0.39, 0.29) is 11.8 Å². The lowest BCUT2D eigenvalue weighted by molar-refractivity contribution is 0.102. The first-order valence-corrected chi connectivity index (χ1v) is 7.21. The van der Waals surface area contributed by atoms with Crippen LogP contribution in [0.3, 0.4) is 0 Å². The third-order valence-corrected chi connectivity index (χ3v) is 3.54. The first kappa shape index (κ1) is 15.1. The quantitative estimate of drug-likeness (QED) is 0.777. The number of amides is 1. The van der Waals surface area contributed by atoms with Crippen molar-refractivity contribution in [3.63, 3.8) is 0 Å². The fraction of sp³-hybridized carbons (Fsp3) is 0.0588. The number of anilines is 1. The van der Waals surface area contributed by atoms with E-state index in [9.17, 15) is 4.79 Å². The third kappa shape index (κ3) is 3.35. The van der Waals surface area contributed by atoms with Crippen LogP contribution in [0.1, 0.15) is 10.4 Å². The second-order valence-corrected chi connectivity index (χ2v) is 5.20. The summed E-state index contributed by atoms with van der Waals surface area (Å²) in [5.41, 5.74) is 1.98. The van der Waals surface area contributed by atoms with Crippen molar-refractivity contribution in [3.8, 4) is 16.9 Å². The molecule has 5 nitrogen and oxygen atoms in total. The van der Waals surface area contributed by atoms with Crippen LogP contribution in [0.5, 0.6) is 5.75 Å². The monoisotopic (exact) mass is 328 g/mol. The van der Waals surface area contributed by atoms with Gasteiger partial charge in [-0.3, -0.25) is 10.1 Å². The fourth-order valence-electron chi connectivity index (χ4n) is 2.10. The molecule has 3 rings (SSSR count). The maximum atomic E-state index is 12.3. The minimum Gasteiger partial charge on any atom is -0.497 e. The molecule has 0 fully saturated rings. The SMILES string of the molecule is COc1cccc(C(=O)Nc2oncc2-c2ccc(Cl)cc2)c1. The number of ether oxygens (including phenoxy) is 1. The Morgan fingerprint density at radius 1 is 1.22 bits per heavy atom. The van der Waals surface area contributed by atoms with Crippen molar-refractivity contribution < 1.29 is 14.1 Å². The first-order chi connectivity index (χ1) is 11.2. The zero-order valence-electron chi connectivity index (χ0n) is 12.2. The summed E-state index contributed by atoms with van der Waals surface area (Å²) < 4.78 is 10.3. The van der Waals surface area contributed by atoms with E-state index in [1.54, 1.807) is 49.7 Å². The van der Waals surface area contributed by atoms with Crippen LogP contribution in [0.25, 0.3) is 11.1 Å². The summed E-state index contributed by atoms with van der Waals surface area (Å²) in [7, 11) is 1.55. The van der Waals surface area contributed by atoms with E-state index >= 15 is 0 Å². The number of halogens is 1. The fourth-order valence-corrected chi connectivity index (χ4v) is 2.23. The van der Waals surface area contributed by atoms with Crippen LogP contribution in [0, 0.1) is 0 Å². The molecule has 116 valence electrons. The Balaban J connectivity index is 1.85. The van der Waals surface area contributed by atoms with Gasteiger partial charge in [0.15, 0.2) is 0 Å². The van der Waals surface area contributed by atoms with Gasteiger partial charge < -0.3 is 9.26 Å². The minimum atomic E-state index is -0.309. The number of aromatic nitrogens is 1. The predicted octanol–water partition coefficient (Wildman–Crippen LogP) is 4.26. The Morgan fingerprint density at radius 2 is 2.00 bits per heavy atom. The van der Waals surface area contributed by atoms with Gasteiger partial charge in [0.2, 0.25) is 5.88 Å². The van der Waals surface area contributed by atoms with Crippen molar-refractivity contribution in [1.29, 1.82) is 0 Å². The van der Waals surface area contributed by atoms with Gasteiger partial charge in [0.1, 0.15) is 5.75 Å². The van der Waals surface area contributed by atoms with E-state index in [1.807, 2.05) is 12.1 Å². The normalized spacial score (nSPS) is 10.3. The molecule has 0 atom stereocenters. The summed E-state index contributed by atoms with van der Waals surface area (Å²) in [6.45, 7) is 0. The number of benzene rings is 2. The zero-order chi connectivity index (χ0) is 16.2. The van der Waals surface area contributed by atoms with Crippen molar-refractivity contribution >= 4 is 23.4 Å². The Kier molecular flexibility index (Phi) is 4.30. The van der Waals surface area contributed by atoms with Gasteiger partial charge in [-0.05, 0) is 35.9 Å². The van der Waals surface area contributed by atoms with Crippen LogP contribution in [0.2, 0.25) is 5.02 Å². The standard InChI is InChI=1S/C17H13ClN2O3/c1-22-14-4-2-3-12(9-14)16(21)20-17-15(10-19-23-17)11-5-7-13(18)8-6-11/h2-10H,1H3,(H,20,21). The van der Waals surface area contributed by atoms with Gasteiger partial charge in [0, 0.05) is 10.6 Å². The largest absolute Gasteiger partial charge is 0.497 e. The number of rotatable bonds is 4. The number of methoxy groups -OCH3 is 1. The smallest absolute Gasteiger partial charge is 0.258 e. The molecule has 0 saturated heterocycles. The lowest BCUT2D eigenvalue weighted by Crippen LogP contribution is -2.12. The van der Waals surface area contributed by atoms with Gasteiger partial charge >= 0.3 is 0 Å². The van der Waals surface area contributed by atoms with Gasteiger partial charge in [0.25, 0.3) is 5.91 Å². The topological polar surface area (TPSA) is 64.4 Å². The maximum Gasteiger partial charge on any atom is 0.258 e. The summed E-state index contributed by atoms with van der Waals surface area (Å²) in [5, 5.41) is 7.10. The van der Waals surface area contributed by atoms with Gasteiger partial charge in [-0.25, -0.2) is 0 Å². The second-order valence-electron chi connectivity index (χ2n) is 4.76. The Labute approximate surface area is 137 Å². The molecule has 0 unspecified atom stereocenters. The minimum absolute atomic E-state index is 0.278. The highest BCUT2D eigenvalue weighted by Crippen LogP contribution is 2.29. The van der Waals surface area contributed by atoms with E-state index in [2.05, 4.69) is 10.5 Å². The molecule has 3 aromatic rings. The number of hydrogen-bond acceptors (Lipinski definition) is 4. The molecule has 0 aliphatic carbocycles. The van der Waals surface area contributed by atoms with E-state index in [1.165, 1.54) is 0 Å². The highest BCUT2D eigenvalue weighted by atomic mass is 35.5. The molecule has 1 amide bonds. The number of nitrogens with zero attached hydrogens (tertiary/aromatic N) is 1. The highest BCUT2D eigenvalue weighted by Gasteiger charge is 2.15. The average Bonchev–Trinajstić information content (AvgIpc) is 3.03. The molecule has 0 bridgehead atoms. The number of carbonyl (C=O) groups excluding carboxylic acids is 1. The zero-order valence-corrected chi connectivity index (χ0v) is 13.0. The Hall–Kier alpha value is -2.79. The number of hydrogen-bond donors (Lipinski definition) is 1. The number of nitrogens with one attached hydrogen (secondary N) is 1. The first-order valence-electron chi connectivity index (χ1n) is 6.83. The molecule has 0 spiro atoms. The number of carbonyl (C=O) groups is 1. The summed E-state index contributed by atoms with van der Waals surface area (Å²) in [5.74, 6) is 0.573. The molecular formula is C17H13ClN2O3. The van der Waals surface area contributed by atoms with Crippen molar-refractivity contribution in [2.75, 3.05) is 12.4 Å². The van der Waals surface area contributed by atoms with Crippen molar-refractivity contribution in [2.24, 2.45) is 0 Å². The molecule has 1 N–H and O–H groups in total. The molecule has 0 aliphatic heterocycles. The second kappa shape index (κ2) is 6.54. The summed E-state index contributed by atoms with van der Waals surface area (Å²) in [4.78, 5) is 12.3. The van der Waals surface area contributed by atoms with Crippen molar-refractivity contribution in [3.05, 3.63) is 65.3 Å². The van der Waals surface area contributed by atoms with Crippen LogP contribution in [0.15, 0.2) is 59.3 Å². The van der Waals surface area contributed by atoms with Gasteiger partial charge in [0.05, 0.1) is 18.9 Å². The summed E-state index contributed by atoms with van der Waals surface area (Å²) in [6.07, 6.45) is 1.55. The predicted molar refractivity (Wildman–Crippen MR) is 87.9 cm³/mol. The maximum absolute atomic E-state index is 12.3. The molecule has 1 aromatic heterocycles. The lowest BCUT2D eigenvalue weighted by atomic mass is 10.1. The molecule has 23 heavy (non-hydrogen) atoms. The van der Waals surface area contributed by atoms with E-state index < -0.39 is 0 Å². The summed E-state index contributed by atoms with van der Waals surface area (Å²) >= 11 is 5.89. The molecule has 2 aromatic carbocycles. The van der Waals surface area contributed by atoms with E-state index in [0.29, 0.717) is 21.9 Å². The lowest BCUT2D eigenvalue weighted by Gasteiger charge is -2.06. The van der Waals surface area contributed by atoms with E-state index in [4.69, 9.17) is 20.9 Å². The van der Waals surface area contributed by atoms with Crippen LogP contribution < -0.4 is 10.1 Å². The highest BCUT2D eigenvalue weighted by molar-refractivity contribution is 6.30. The molecule has 0 aliphatic rings. The van der Waals surface area contributed by atoms with E-state index in [0.717, 1.165) is 5.56 Å². The molecule has 1 heterocycles. The van der Waals surface area contributed by atoms with Crippen molar-refractivity contribution in [2.45, 2.75) is 0 Å². The Morgan fingerprint density at radius 3 is 2.74 bits per heavy atom. The molecule has 0 saturated carbocycles. The third-order valence-electron chi connectivity index (χ3n) is 3.28. The average molecular weight is 329 g/mol. The van der Waals surface area contributed by atoms with Crippen LogP contribution in [-0.2, 0) is 0 Å². The van der Waals surface area contributed by atoms with Gasteiger partial charge in [-0.15, -0.1) is 0 Å². The van der Waals surface area contributed by atoms with Gasteiger partial charge in [-0.1, -0.05) is 35.0 Å². The summed E-state index contributed by atoms with van der Waals surface area (Å²) in [6, 6.07) is 14.0. The Bertz CT molecular complexity index is 828. The van der Waals surface area contributed by atoms with Crippen LogP contribution in [-0.4, -0.2) is 18.2 Å². The van der Waals surface area contributed by atoms with Crippen molar-refractivity contribution in [1.82, 2.24) is 5.16 Å². The van der Waals surface area contributed by atoms with Gasteiger partial charge in [-0.2, -0.15) is 0 Å². The molecule has 0 radical (unpaired) electrons. The van der Waals surface area contributed by atoms with Crippen LogP contribution >= 0.6 is 11.6 Å².